The molecule has 0 fully saturated rings. The molecule has 0 aliphatic carbocycles. The first-order chi connectivity index (χ1) is 16.6. The van der Waals surface area contributed by atoms with Crippen LogP contribution in [0, 0.1) is 0 Å². The third-order valence-electron chi connectivity index (χ3n) is 5.24. The lowest BCUT2D eigenvalue weighted by atomic mass is 9.98. The summed E-state index contributed by atoms with van der Waals surface area (Å²) in [4.78, 5) is 32.3. The van der Waals surface area contributed by atoms with E-state index in [1.165, 1.54) is 0 Å². The highest BCUT2D eigenvalue weighted by molar-refractivity contribution is 5.94. The SMILES string of the molecule is CCCn1oc(=O)nc1-c1ccccc1-c1ccc(CNc2ncccc2C(=O)OCC)cc1. The Morgan fingerprint density at radius 1 is 1.03 bits per heavy atom. The zero-order valence-electron chi connectivity index (χ0n) is 19.2. The molecule has 4 aromatic rings. The zero-order valence-corrected chi connectivity index (χ0v) is 19.2. The van der Waals surface area contributed by atoms with Crippen molar-refractivity contribution in [2.45, 2.75) is 33.4 Å². The molecule has 0 aliphatic rings. The minimum absolute atomic E-state index is 0.305. The van der Waals surface area contributed by atoms with Crippen molar-refractivity contribution < 1.29 is 14.1 Å². The maximum atomic E-state index is 12.2. The van der Waals surface area contributed by atoms with Crippen molar-refractivity contribution in [3.05, 3.63) is 88.5 Å². The first-order valence-corrected chi connectivity index (χ1v) is 11.2. The fourth-order valence-electron chi connectivity index (χ4n) is 3.69. The number of benzene rings is 2. The van der Waals surface area contributed by atoms with Crippen LogP contribution in [-0.2, 0) is 17.8 Å². The van der Waals surface area contributed by atoms with Crippen molar-refractivity contribution in [3.8, 4) is 22.5 Å². The maximum Gasteiger partial charge on any atom is 0.460 e. The van der Waals surface area contributed by atoms with Gasteiger partial charge in [-0.15, -0.1) is 0 Å². The van der Waals surface area contributed by atoms with Crippen molar-refractivity contribution in [2.24, 2.45) is 0 Å². The molecule has 174 valence electrons. The Balaban J connectivity index is 1.55. The third kappa shape index (κ3) is 5.06. The molecular formula is C26H26N4O4. The molecule has 0 bridgehead atoms. The number of ether oxygens (including phenoxy) is 1. The van der Waals surface area contributed by atoms with E-state index < -0.39 is 11.7 Å². The molecule has 0 saturated carbocycles. The number of anilines is 1. The molecule has 0 saturated heterocycles. The number of carbonyl (C=O) groups is 1. The molecule has 2 aromatic carbocycles. The molecule has 2 aromatic heterocycles. The van der Waals surface area contributed by atoms with E-state index in [4.69, 9.17) is 9.26 Å². The lowest BCUT2D eigenvalue weighted by Gasteiger charge is -2.12. The van der Waals surface area contributed by atoms with Crippen LogP contribution in [0.5, 0.6) is 0 Å². The van der Waals surface area contributed by atoms with Crippen LogP contribution in [0.25, 0.3) is 22.5 Å². The highest BCUT2D eigenvalue weighted by atomic mass is 16.5. The lowest BCUT2D eigenvalue weighted by molar-refractivity contribution is 0.0527. The van der Waals surface area contributed by atoms with Gasteiger partial charge in [0.15, 0.2) is 5.82 Å². The molecule has 4 rings (SSSR count). The Labute approximate surface area is 197 Å². The smallest absolute Gasteiger partial charge is 0.460 e. The Morgan fingerprint density at radius 3 is 2.53 bits per heavy atom. The molecule has 0 atom stereocenters. The molecule has 8 heteroatoms. The van der Waals surface area contributed by atoms with Crippen LogP contribution >= 0.6 is 0 Å². The van der Waals surface area contributed by atoms with E-state index >= 15 is 0 Å². The van der Waals surface area contributed by atoms with Gasteiger partial charge in [-0.1, -0.05) is 55.5 Å². The summed E-state index contributed by atoms with van der Waals surface area (Å²) in [6.45, 7) is 5.16. The Bertz CT molecular complexity index is 1330. The molecule has 0 aliphatic heterocycles. The minimum atomic E-state index is -0.601. The molecule has 0 radical (unpaired) electrons. The molecule has 8 nitrogen and oxygen atoms in total. The van der Waals surface area contributed by atoms with Crippen molar-refractivity contribution in [1.29, 1.82) is 0 Å². The average Bonchev–Trinajstić information content (AvgIpc) is 3.23. The van der Waals surface area contributed by atoms with Crippen molar-refractivity contribution in [2.75, 3.05) is 11.9 Å². The molecule has 0 amide bonds. The Morgan fingerprint density at radius 2 is 1.79 bits per heavy atom. The standard InChI is InChI=1S/C26H26N4O4/c1-3-16-30-24(29-26(32)34-30)21-9-6-5-8-20(21)19-13-11-18(12-14-19)17-28-23-22(10-7-15-27-23)25(31)33-4-2/h5-15H,3-4,16-17H2,1-2H3,(H,27,28). The number of esters is 1. The van der Waals surface area contributed by atoms with E-state index in [1.807, 2.05) is 55.5 Å². The molecule has 1 N–H and O–H groups in total. The molecule has 34 heavy (non-hydrogen) atoms. The highest BCUT2D eigenvalue weighted by Crippen LogP contribution is 2.31. The van der Waals surface area contributed by atoms with E-state index in [-0.39, 0.29) is 0 Å². The number of nitrogens with one attached hydrogen (secondary N) is 1. The van der Waals surface area contributed by atoms with Crippen LogP contribution in [0.15, 0.2) is 76.2 Å². The number of hydrogen-bond donors (Lipinski definition) is 1. The first-order valence-electron chi connectivity index (χ1n) is 11.2. The third-order valence-corrected chi connectivity index (χ3v) is 5.24. The van der Waals surface area contributed by atoms with Gasteiger partial charge in [0.1, 0.15) is 11.4 Å². The summed E-state index contributed by atoms with van der Waals surface area (Å²) in [6.07, 6.45) is 2.46. The number of pyridine rings is 1. The Kier molecular flexibility index (Phi) is 7.17. The van der Waals surface area contributed by atoms with Crippen LogP contribution in [0.1, 0.15) is 36.2 Å². The summed E-state index contributed by atoms with van der Waals surface area (Å²) < 4.78 is 11.9. The number of rotatable bonds is 9. The van der Waals surface area contributed by atoms with Gasteiger partial charge in [-0.05, 0) is 42.2 Å². The number of aromatic nitrogens is 3. The van der Waals surface area contributed by atoms with E-state index in [2.05, 4.69) is 15.3 Å². The van der Waals surface area contributed by atoms with Crippen molar-refractivity contribution in [1.82, 2.24) is 14.7 Å². The second kappa shape index (κ2) is 10.6. The predicted molar refractivity (Wildman–Crippen MR) is 129 cm³/mol. The summed E-state index contributed by atoms with van der Waals surface area (Å²) in [5, 5.41) is 3.22. The van der Waals surface area contributed by atoms with Gasteiger partial charge >= 0.3 is 11.7 Å². The summed E-state index contributed by atoms with van der Waals surface area (Å²) in [5.74, 6) is 0.000911. The van der Waals surface area contributed by atoms with Gasteiger partial charge in [0, 0.05) is 18.3 Å². The van der Waals surface area contributed by atoms with E-state index in [9.17, 15) is 9.59 Å². The molecule has 0 spiro atoms. The fraction of sp³-hybridized carbons (Fsp3) is 0.231. The van der Waals surface area contributed by atoms with E-state index in [0.29, 0.717) is 36.9 Å². The summed E-state index contributed by atoms with van der Waals surface area (Å²) in [5.41, 5.74) is 4.20. The van der Waals surface area contributed by atoms with Crippen LogP contribution in [-0.4, -0.2) is 27.3 Å². The van der Waals surface area contributed by atoms with Crippen LogP contribution < -0.4 is 11.1 Å². The largest absolute Gasteiger partial charge is 0.462 e. The number of hydrogen-bond acceptors (Lipinski definition) is 7. The monoisotopic (exact) mass is 458 g/mol. The predicted octanol–water partition coefficient (Wildman–Crippen LogP) is 4.76. The maximum absolute atomic E-state index is 12.2. The van der Waals surface area contributed by atoms with Gasteiger partial charge in [0.05, 0.1) is 13.2 Å². The highest BCUT2D eigenvalue weighted by Gasteiger charge is 2.16. The number of carbonyl (C=O) groups excluding carboxylic acids is 1. The molecule has 2 heterocycles. The van der Waals surface area contributed by atoms with Gasteiger partial charge in [0.25, 0.3) is 0 Å². The molecule has 0 unspecified atom stereocenters. The summed E-state index contributed by atoms with van der Waals surface area (Å²) in [7, 11) is 0. The van der Waals surface area contributed by atoms with Crippen LogP contribution in [0.3, 0.4) is 0 Å². The van der Waals surface area contributed by atoms with Gasteiger partial charge < -0.3 is 14.6 Å². The van der Waals surface area contributed by atoms with Gasteiger partial charge in [-0.2, -0.15) is 9.72 Å². The average molecular weight is 459 g/mol. The first kappa shape index (κ1) is 23.0. The second-order valence-corrected chi connectivity index (χ2v) is 7.61. The zero-order chi connectivity index (χ0) is 23.9. The quantitative estimate of drug-likeness (QED) is 0.361. The van der Waals surface area contributed by atoms with Crippen LogP contribution in [0.4, 0.5) is 5.82 Å². The summed E-state index contributed by atoms with van der Waals surface area (Å²) >= 11 is 0. The van der Waals surface area contributed by atoms with E-state index in [0.717, 1.165) is 28.7 Å². The Hall–Kier alpha value is -4.20. The topological polar surface area (TPSA) is 99.3 Å². The fourth-order valence-corrected chi connectivity index (χ4v) is 3.69. The summed E-state index contributed by atoms with van der Waals surface area (Å²) in [6, 6.07) is 19.3. The lowest BCUT2D eigenvalue weighted by Crippen LogP contribution is -2.11. The number of nitrogens with zero attached hydrogens (tertiary/aromatic N) is 3. The normalized spacial score (nSPS) is 10.8. The molecular weight excluding hydrogens is 432 g/mol. The van der Waals surface area contributed by atoms with Crippen LogP contribution in [0.2, 0.25) is 0 Å². The second-order valence-electron chi connectivity index (χ2n) is 7.61. The van der Waals surface area contributed by atoms with Gasteiger partial charge in [0.2, 0.25) is 0 Å². The van der Waals surface area contributed by atoms with Gasteiger partial charge in [-0.3, -0.25) is 0 Å². The number of aryl methyl sites for hydroxylation is 1. The van der Waals surface area contributed by atoms with Crippen molar-refractivity contribution >= 4 is 11.8 Å². The van der Waals surface area contributed by atoms with Gasteiger partial charge in [-0.25, -0.2) is 14.6 Å². The minimum Gasteiger partial charge on any atom is -0.462 e. The van der Waals surface area contributed by atoms with E-state index in [1.54, 1.807) is 30.0 Å². The van der Waals surface area contributed by atoms with Crippen molar-refractivity contribution in [3.63, 3.8) is 0 Å².